The molecule has 3 atom stereocenters. The third kappa shape index (κ3) is 3.15. The predicted molar refractivity (Wildman–Crippen MR) is 92.7 cm³/mol. The summed E-state index contributed by atoms with van der Waals surface area (Å²) in [4.78, 5) is 12.3. The summed E-state index contributed by atoms with van der Waals surface area (Å²) in [5, 5.41) is 3.13. The highest BCUT2D eigenvalue weighted by Crippen LogP contribution is 2.40. The molecule has 0 radical (unpaired) electrons. The van der Waals surface area contributed by atoms with E-state index < -0.39 is 10.0 Å². The largest absolute Gasteiger partial charge is 0.497 e. The van der Waals surface area contributed by atoms with Gasteiger partial charge in [0, 0.05) is 24.0 Å². The fourth-order valence-electron chi connectivity index (χ4n) is 4.18. The summed E-state index contributed by atoms with van der Waals surface area (Å²) in [6.45, 7) is 0. The van der Waals surface area contributed by atoms with Gasteiger partial charge in [-0.2, -0.15) is 4.31 Å². The number of methoxy groups -OCH3 is 1. The molecule has 1 unspecified atom stereocenters. The monoisotopic (exact) mass is 364 g/mol. The lowest BCUT2D eigenvalue weighted by Gasteiger charge is -2.38. The van der Waals surface area contributed by atoms with Crippen LogP contribution in [0.3, 0.4) is 0 Å². The lowest BCUT2D eigenvalue weighted by Crippen LogP contribution is -2.52. The Bertz CT molecular complexity index is 744. The van der Waals surface area contributed by atoms with Crippen molar-refractivity contribution in [2.75, 3.05) is 7.11 Å². The minimum atomic E-state index is -3.51. The van der Waals surface area contributed by atoms with Gasteiger partial charge in [-0.3, -0.25) is 4.79 Å². The molecule has 7 heteroatoms. The Balaban J connectivity index is 1.50. The predicted octanol–water partition coefficient (Wildman–Crippen LogP) is 1.91. The SMILES string of the molecule is COc1ccc(S(=O)(=O)N2[C@@H]3CC[C@H]2CC(NC(=O)C2CC2)C3)cc1. The number of hydrogen-bond acceptors (Lipinski definition) is 4. The van der Waals surface area contributed by atoms with E-state index in [4.69, 9.17) is 4.74 Å². The van der Waals surface area contributed by atoms with Crippen LogP contribution in [-0.2, 0) is 14.8 Å². The number of carbonyl (C=O) groups is 1. The number of fused-ring (bicyclic) bond motifs is 2. The first kappa shape index (κ1) is 16.8. The molecule has 3 fully saturated rings. The van der Waals surface area contributed by atoms with E-state index in [-0.39, 0.29) is 30.0 Å². The molecule has 1 N–H and O–H groups in total. The topological polar surface area (TPSA) is 75.7 Å². The molecule has 1 amide bonds. The van der Waals surface area contributed by atoms with E-state index in [1.165, 1.54) is 0 Å². The Kier molecular flexibility index (Phi) is 4.24. The zero-order valence-corrected chi connectivity index (χ0v) is 15.2. The number of benzene rings is 1. The number of sulfonamides is 1. The van der Waals surface area contributed by atoms with Crippen LogP contribution in [0.4, 0.5) is 0 Å². The highest BCUT2D eigenvalue weighted by atomic mass is 32.2. The Morgan fingerprint density at radius 2 is 1.68 bits per heavy atom. The van der Waals surface area contributed by atoms with Crippen LogP contribution in [0.5, 0.6) is 5.75 Å². The maximum absolute atomic E-state index is 13.1. The van der Waals surface area contributed by atoms with Crippen molar-refractivity contribution < 1.29 is 17.9 Å². The summed E-state index contributed by atoms with van der Waals surface area (Å²) in [6, 6.07) is 6.64. The molecule has 6 nitrogen and oxygen atoms in total. The highest BCUT2D eigenvalue weighted by Gasteiger charge is 2.47. The average Bonchev–Trinajstić information content (AvgIpc) is 3.40. The Morgan fingerprint density at radius 3 is 2.20 bits per heavy atom. The van der Waals surface area contributed by atoms with E-state index in [2.05, 4.69) is 5.32 Å². The average molecular weight is 364 g/mol. The number of hydrogen-bond donors (Lipinski definition) is 1. The second kappa shape index (κ2) is 6.29. The van der Waals surface area contributed by atoms with Crippen LogP contribution in [0.1, 0.15) is 38.5 Å². The van der Waals surface area contributed by atoms with Crippen LogP contribution in [-0.4, -0.2) is 43.9 Å². The molecule has 1 aromatic rings. The van der Waals surface area contributed by atoms with Gasteiger partial charge in [-0.25, -0.2) is 8.42 Å². The van der Waals surface area contributed by atoms with Crippen LogP contribution >= 0.6 is 0 Å². The Hall–Kier alpha value is -1.60. The van der Waals surface area contributed by atoms with Crippen LogP contribution in [0.25, 0.3) is 0 Å². The quantitative estimate of drug-likeness (QED) is 0.866. The van der Waals surface area contributed by atoms with E-state index in [1.54, 1.807) is 35.7 Å². The van der Waals surface area contributed by atoms with Gasteiger partial charge < -0.3 is 10.1 Å². The third-order valence-electron chi connectivity index (χ3n) is 5.60. The number of carbonyl (C=O) groups excluding carboxylic acids is 1. The van der Waals surface area contributed by atoms with Gasteiger partial charge in [0.25, 0.3) is 0 Å². The van der Waals surface area contributed by atoms with Crippen molar-refractivity contribution in [3.63, 3.8) is 0 Å². The summed E-state index contributed by atoms with van der Waals surface area (Å²) in [7, 11) is -1.95. The number of nitrogens with one attached hydrogen (secondary N) is 1. The number of piperidine rings is 1. The molecule has 2 aliphatic heterocycles. The van der Waals surface area contributed by atoms with Gasteiger partial charge in [-0.15, -0.1) is 0 Å². The fraction of sp³-hybridized carbons (Fsp3) is 0.611. The Labute approximate surface area is 148 Å². The van der Waals surface area contributed by atoms with E-state index in [0.29, 0.717) is 23.5 Å². The maximum atomic E-state index is 13.1. The number of nitrogens with zero attached hydrogens (tertiary/aromatic N) is 1. The number of amides is 1. The van der Waals surface area contributed by atoms with Gasteiger partial charge >= 0.3 is 0 Å². The molecule has 0 spiro atoms. The summed E-state index contributed by atoms with van der Waals surface area (Å²) in [6.07, 6.45) is 5.15. The summed E-state index contributed by atoms with van der Waals surface area (Å²) in [5.41, 5.74) is 0. The highest BCUT2D eigenvalue weighted by molar-refractivity contribution is 7.89. The normalized spacial score (nSPS) is 29.4. The molecule has 136 valence electrons. The zero-order valence-electron chi connectivity index (χ0n) is 14.3. The zero-order chi connectivity index (χ0) is 17.6. The smallest absolute Gasteiger partial charge is 0.243 e. The first-order valence-electron chi connectivity index (χ1n) is 8.97. The van der Waals surface area contributed by atoms with E-state index >= 15 is 0 Å². The summed E-state index contributed by atoms with van der Waals surface area (Å²) < 4.78 is 33.0. The van der Waals surface area contributed by atoms with Gasteiger partial charge in [0.15, 0.2) is 0 Å². The molecule has 2 bridgehead atoms. The molecule has 3 aliphatic rings. The molecular formula is C18H24N2O4S. The molecule has 2 saturated heterocycles. The van der Waals surface area contributed by atoms with Crippen molar-refractivity contribution in [3.05, 3.63) is 24.3 Å². The first-order valence-corrected chi connectivity index (χ1v) is 10.4. The maximum Gasteiger partial charge on any atom is 0.243 e. The van der Waals surface area contributed by atoms with E-state index in [9.17, 15) is 13.2 Å². The second-order valence-corrected chi connectivity index (χ2v) is 9.19. The van der Waals surface area contributed by atoms with Gasteiger partial charge in [0.05, 0.1) is 12.0 Å². The molecule has 4 rings (SSSR count). The Morgan fingerprint density at radius 1 is 1.08 bits per heavy atom. The third-order valence-corrected chi connectivity index (χ3v) is 7.61. The lowest BCUT2D eigenvalue weighted by molar-refractivity contribution is -0.123. The summed E-state index contributed by atoms with van der Waals surface area (Å²) >= 11 is 0. The molecule has 0 aromatic heterocycles. The van der Waals surface area contributed by atoms with E-state index in [0.717, 1.165) is 25.7 Å². The molecule has 25 heavy (non-hydrogen) atoms. The van der Waals surface area contributed by atoms with Crippen molar-refractivity contribution in [1.82, 2.24) is 9.62 Å². The minimum absolute atomic E-state index is 0.0182. The van der Waals surface area contributed by atoms with Crippen molar-refractivity contribution in [2.45, 2.75) is 61.5 Å². The lowest BCUT2D eigenvalue weighted by atomic mass is 9.99. The van der Waals surface area contributed by atoms with Gasteiger partial charge in [-0.05, 0) is 62.8 Å². The van der Waals surface area contributed by atoms with E-state index in [1.807, 2.05) is 0 Å². The molecule has 1 aromatic carbocycles. The first-order chi connectivity index (χ1) is 12.0. The summed E-state index contributed by atoms with van der Waals surface area (Å²) in [5.74, 6) is 0.984. The van der Waals surface area contributed by atoms with Gasteiger partial charge in [0.1, 0.15) is 5.75 Å². The molecule has 1 aliphatic carbocycles. The standard InChI is InChI=1S/C18H24N2O4S/c1-24-16-6-8-17(9-7-16)25(22,23)20-14-4-5-15(20)11-13(10-14)19-18(21)12-2-3-12/h6-9,12-15H,2-5,10-11H2,1H3,(H,19,21)/t13?,14-,15+. The number of rotatable bonds is 5. The van der Waals surface area contributed by atoms with Crippen LogP contribution in [0, 0.1) is 5.92 Å². The fourth-order valence-corrected chi connectivity index (χ4v) is 6.07. The molecule has 1 saturated carbocycles. The van der Waals surface area contributed by atoms with Crippen LogP contribution in [0.2, 0.25) is 0 Å². The van der Waals surface area contributed by atoms with Crippen LogP contribution < -0.4 is 10.1 Å². The van der Waals surface area contributed by atoms with Crippen molar-refractivity contribution in [2.24, 2.45) is 5.92 Å². The minimum Gasteiger partial charge on any atom is -0.497 e. The van der Waals surface area contributed by atoms with Gasteiger partial charge in [-0.1, -0.05) is 0 Å². The van der Waals surface area contributed by atoms with Gasteiger partial charge in [0.2, 0.25) is 15.9 Å². The molecular weight excluding hydrogens is 340 g/mol. The van der Waals surface area contributed by atoms with Crippen LogP contribution in [0.15, 0.2) is 29.2 Å². The molecule has 2 heterocycles. The van der Waals surface area contributed by atoms with Crippen molar-refractivity contribution >= 4 is 15.9 Å². The number of ether oxygens (including phenoxy) is 1. The van der Waals surface area contributed by atoms with Crippen molar-refractivity contribution in [1.29, 1.82) is 0 Å². The van der Waals surface area contributed by atoms with Crippen molar-refractivity contribution in [3.8, 4) is 5.75 Å². The second-order valence-electron chi connectivity index (χ2n) is 7.35.